The second kappa shape index (κ2) is 29.6. The van der Waals surface area contributed by atoms with Crippen molar-refractivity contribution in [3.63, 3.8) is 0 Å². The summed E-state index contributed by atoms with van der Waals surface area (Å²) in [6, 6.07) is 0. The number of hydrogen-bond donors (Lipinski definition) is 0. The van der Waals surface area contributed by atoms with Crippen molar-refractivity contribution in [1.82, 2.24) is 0 Å². The van der Waals surface area contributed by atoms with E-state index in [1.165, 1.54) is 32.1 Å². The molecule has 0 aromatic carbocycles. The standard InChI is InChI=1S/C7H16.CH2I.HI.V/c1-3-5-7-6-4-2;1-2;;/h3-7H2,1-2H3;1H2;1H;/q;-1;;. The topological polar surface area (TPSA) is 0 Å². The van der Waals surface area contributed by atoms with Gasteiger partial charge in [-0.1, -0.05) is 46.0 Å². The molecule has 0 fully saturated rings. The summed E-state index contributed by atoms with van der Waals surface area (Å²) in [4.78, 5) is 3.22. The quantitative estimate of drug-likeness (QED) is 0.348. The molecule has 1 radical (unpaired) electrons. The second-order valence-corrected chi connectivity index (χ2v) is 2.06. The van der Waals surface area contributed by atoms with Gasteiger partial charge in [0.2, 0.25) is 0 Å². The van der Waals surface area contributed by atoms with Crippen LogP contribution in [0, 0.1) is 4.93 Å². The van der Waals surface area contributed by atoms with Gasteiger partial charge in [-0.15, -0.1) is 24.0 Å². The first kappa shape index (κ1) is 23.1. The molecule has 0 nitrogen and oxygen atoms in total. The Bertz CT molecular complexity index is 31.3. The van der Waals surface area contributed by atoms with Gasteiger partial charge in [0.15, 0.2) is 0 Å². The van der Waals surface area contributed by atoms with Gasteiger partial charge in [-0.3, -0.25) is 4.93 Å². The van der Waals surface area contributed by atoms with Crippen molar-refractivity contribution >= 4 is 46.6 Å². The summed E-state index contributed by atoms with van der Waals surface area (Å²) in [7, 11) is 0. The van der Waals surface area contributed by atoms with Crippen molar-refractivity contribution in [1.29, 1.82) is 0 Å². The summed E-state index contributed by atoms with van der Waals surface area (Å²) in [6.07, 6.45) is 7.01. The molecule has 71 valence electrons. The van der Waals surface area contributed by atoms with E-state index >= 15 is 0 Å². The molecule has 0 aliphatic rings. The van der Waals surface area contributed by atoms with Crippen LogP contribution in [0.25, 0.3) is 0 Å². The minimum Gasteiger partial charge on any atom is -0.319 e. The Morgan fingerprint density at radius 3 is 1.36 bits per heavy atom. The van der Waals surface area contributed by atoms with E-state index in [-0.39, 0.29) is 42.5 Å². The van der Waals surface area contributed by atoms with E-state index < -0.39 is 0 Å². The predicted octanol–water partition coefficient (Wildman–Crippen LogP) is 4.81. The van der Waals surface area contributed by atoms with E-state index in [1.807, 2.05) is 22.6 Å². The Kier molecular flexibility index (Phi) is 62.3. The van der Waals surface area contributed by atoms with E-state index in [1.54, 1.807) is 0 Å². The third-order valence-corrected chi connectivity index (χ3v) is 1.21. The zero-order chi connectivity index (χ0) is 7.54. The van der Waals surface area contributed by atoms with Crippen LogP contribution in [0.1, 0.15) is 46.0 Å². The van der Waals surface area contributed by atoms with E-state index in [4.69, 9.17) is 0 Å². The van der Waals surface area contributed by atoms with Gasteiger partial charge in [-0.05, 0) is 0 Å². The Labute approximate surface area is 115 Å². The molecule has 0 aromatic rings. The molecule has 3 heteroatoms. The maximum absolute atomic E-state index is 3.22. The summed E-state index contributed by atoms with van der Waals surface area (Å²) in [5, 5.41) is 0. The Balaban J connectivity index is -0.0000000564. The molecule has 0 heterocycles. The number of hydrogen-bond acceptors (Lipinski definition) is 0. The van der Waals surface area contributed by atoms with Gasteiger partial charge in [0.1, 0.15) is 0 Å². The van der Waals surface area contributed by atoms with Gasteiger partial charge >= 0.3 is 0 Å². The summed E-state index contributed by atoms with van der Waals surface area (Å²) < 4.78 is 0. The van der Waals surface area contributed by atoms with Crippen LogP contribution in [0.5, 0.6) is 0 Å². The van der Waals surface area contributed by atoms with Gasteiger partial charge in [-0.25, -0.2) is 0 Å². The van der Waals surface area contributed by atoms with Crippen molar-refractivity contribution in [2.45, 2.75) is 46.0 Å². The van der Waals surface area contributed by atoms with Gasteiger partial charge in [0, 0.05) is 18.6 Å². The fourth-order valence-corrected chi connectivity index (χ4v) is 0.677. The van der Waals surface area contributed by atoms with Crippen LogP contribution < -0.4 is 0 Å². The van der Waals surface area contributed by atoms with Crippen molar-refractivity contribution in [3.8, 4) is 0 Å². The van der Waals surface area contributed by atoms with Crippen LogP contribution in [0.15, 0.2) is 0 Å². The van der Waals surface area contributed by atoms with Crippen molar-refractivity contribution < 1.29 is 18.6 Å². The first-order chi connectivity index (χ1) is 4.41. The summed E-state index contributed by atoms with van der Waals surface area (Å²) >= 11 is 1.90. The molecule has 0 aromatic heterocycles. The van der Waals surface area contributed by atoms with Gasteiger partial charge in [-0.2, -0.15) is 0 Å². The van der Waals surface area contributed by atoms with Crippen LogP contribution in [-0.2, 0) is 18.6 Å². The van der Waals surface area contributed by atoms with E-state index in [0.29, 0.717) is 0 Å². The summed E-state index contributed by atoms with van der Waals surface area (Å²) in [5.41, 5.74) is 0. The molecular weight excluding hydrogens is 401 g/mol. The van der Waals surface area contributed by atoms with Crippen LogP contribution >= 0.6 is 46.6 Å². The number of unbranched alkanes of at least 4 members (excludes halogenated alkanes) is 4. The van der Waals surface area contributed by atoms with Gasteiger partial charge in [0.25, 0.3) is 0 Å². The minimum absolute atomic E-state index is 0. The molecule has 0 amide bonds. The smallest absolute Gasteiger partial charge is 0 e. The summed E-state index contributed by atoms with van der Waals surface area (Å²) in [6.45, 7) is 4.49. The normalized spacial score (nSPS) is 6.55. The Morgan fingerprint density at radius 2 is 1.18 bits per heavy atom. The first-order valence-corrected chi connectivity index (χ1v) is 5.21. The zero-order valence-electron chi connectivity index (χ0n) is 7.48. The molecule has 0 saturated carbocycles. The van der Waals surface area contributed by atoms with Crippen LogP contribution in [-0.4, -0.2) is 0 Å². The van der Waals surface area contributed by atoms with Crippen molar-refractivity contribution in [2.75, 3.05) is 0 Å². The zero-order valence-corrected chi connectivity index (χ0v) is 13.4. The molecular formula is C8H19I2V-. The average molecular weight is 420 g/mol. The minimum atomic E-state index is 0. The molecule has 0 N–H and O–H groups in total. The monoisotopic (exact) mass is 420 g/mol. The fraction of sp³-hybridized carbons (Fsp3) is 0.875. The maximum atomic E-state index is 3.22. The third-order valence-electron chi connectivity index (χ3n) is 1.21. The van der Waals surface area contributed by atoms with E-state index in [9.17, 15) is 0 Å². The number of halogens is 2. The Morgan fingerprint density at radius 1 is 0.909 bits per heavy atom. The largest absolute Gasteiger partial charge is 0.319 e. The fourth-order valence-electron chi connectivity index (χ4n) is 0.677. The Hall–Kier alpha value is 2.04. The van der Waals surface area contributed by atoms with E-state index in [2.05, 4.69) is 18.8 Å². The van der Waals surface area contributed by atoms with Gasteiger partial charge < -0.3 is 22.6 Å². The first-order valence-electron chi connectivity index (χ1n) is 3.68. The molecule has 11 heavy (non-hydrogen) atoms. The van der Waals surface area contributed by atoms with Crippen LogP contribution in [0.3, 0.4) is 0 Å². The average Bonchev–Trinajstić information content (AvgIpc) is 1.94. The molecule has 0 aliphatic carbocycles. The van der Waals surface area contributed by atoms with Gasteiger partial charge in [0.05, 0.1) is 0 Å². The van der Waals surface area contributed by atoms with E-state index in [0.717, 1.165) is 0 Å². The van der Waals surface area contributed by atoms with Crippen molar-refractivity contribution in [3.05, 3.63) is 4.93 Å². The van der Waals surface area contributed by atoms with Crippen molar-refractivity contribution in [2.24, 2.45) is 0 Å². The molecule has 0 rings (SSSR count). The third kappa shape index (κ3) is 33.3. The maximum Gasteiger partial charge on any atom is 0 e. The molecule has 0 unspecified atom stereocenters. The van der Waals surface area contributed by atoms with Crippen LogP contribution in [0.2, 0.25) is 0 Å². The predicted molar refractivity (Wildman–Crippen MR) is 69.2 cm³/mol. The molecule has 0 saturated heterocycles. The molecule has 0 aliphatic heterocycles. The molecule has 0 bridgehead atoms. The molecule has 0 spiro atoms. The summed E-state index contributed by atoms with van der Waals surface area (Å²) in [5.74, 6) is 0. The second-order valence-electron chi connectivity index (χ2n) is 2.06. The van der Waals surface area contributed by atoms with Crippen LogP contribution in [0.4, 0.5) is 0 Å². The molecule has 0 atom stereocenters. The number of rotatable bonds is 4. The SMILES string of the molecule is CCCCCCC.I.[CH2-]I.[V].